The number of aromatic nitrogens is 2. The molecule has 0 spiro atoms. The van der Waals surface area contributed by atoms with E-state index in [1.165, 1.54) is 4.68 Å². The number of carbonyl (C=O) groups is 1. The number of ether oxygens (including phenoxy) is 3. The Morgan fingerprint density at radius 1 is 0.912 bits per heavy atom. The van der Waals surface area contributed by atoms with Gasteiger partial charge in [-0.05, 0) is 48.4 Å². The minimum Gasteiger partial charge on any atom is -0.489 e. The molecule has 4 rings (SSSR count). The van der Waals surface area contributed by atoms with Gasteiger partial charge in [0.2, 0.25) is 0 Å². The normalized spacial score (nSPS) is 10.7. The molecule has 0 radical (unpaired) electrons. The molecule has 0 N–H and O–H groups in total. The maximum atomic E-state index is 12.3. The third-order valence-corrected chi connectivity index (χ3v) is 5.40. The highest BCUT2D eigenvalue weighted by Crippen LogP contribution is 2.34. The summed E-state index contributed by atoms with van der Waals surface area (Å²) in [5.74, 6) is 0.840. The van der Waals surface area contributed by atoms with E-state index in [2.05, 4.69) is 5.10 Å². The van der Waals surface area contributed by atoms with Gasteiger partial charge in [0.05, 0.1) is 12.3 Å². The van der Waals surface area contributed by atoms with Crippen molar-refractivity contribution in [2.45, 2.75) is 20.1 Å². The van der Waals surface area contributed by atoms with Crippen LogP contribution >= 0.6 is 11.6 Å². The fraction of sp³-hybridized carbons (Fsp3) is 0.185. The van der Waals surface area contributed by atoms with Crippen molar-refractivity contribution < 1.29 is 19.0 Å². The first-order valence-electron chi connectivity index (χ1n) is 10.9. The second kappa shape index (κ2) is 10.9. The van der Waals surface area contributed by atoms with Gasteiger partial charge in [0.25, 0.3) is 0 Å². The molecule has 1 heterocycles. The summed E-state index contributed by atoms with van der Waals surface area (Å²) in [5, 5.41) is 5.20. The van der Waals surface area contributed by atoms with Gasteiger partial charge in [-0.2, -0.15) is 5.10 Å². The van der Waals surface area contributed by atoms with Crippen molar-refractivity contribution in [3.63, 3.8) is 0 Å². The first-order valence-corrected chi connectivity index (χ1v) is 11.3. The highest BCUT2D eigenvalue weighted by atomic mass is 35.5. The highest BCUT2D eigenvalue weighted by Gasteiger charge is 2.18. The molecule has 1 aromatic heterocycles. The molecule has 0 unspecified atom stereocenters. The number of carbonyl (C=O) groups excluding carboxylic acids is 1. The molecule has 174 valence electrons. The lowest BCUT2D eigenvalue weighted by atomic mass is 10.1. The number of nitrogens with zero attached hydrogens (tertiary/aromatic N) is 2. The Hall–Kier alpha value is -3.77. The minimum atomic E-state index is -0.418. The summed E-state index contributed by atoms with van der Waals surface area (Å²) in [5.41, 5.74) is 3.77. The van der Waals surface area contributed by atoms with Gasteiger partial charge >= 0.3 is 5.97 Å². The summed E-state index contributed by atoms with van der Waals surface area (Å²) in [6, 6.07) is 24.7. The predicted molar refractivity (Wildman–Crippen MR) is 131 cm³/mol. The molecule has 0 aliphatic rings. The van der Waals surface area contributed by atoms with Gasteiger partial charge in [-0.15, -0.1) is 0 Å². The summed E-state index contributed by atoms with van der Waals surface area (Å²) in [4.78, 5) is 12.3. The number of rotatable bonds is 9. The van der Waals surface area contributed by atoms with Crippen molar-refractivity contribution in [3.05, 3.63) is 101 Å². The van der Waals surface area contributed by atoms with Gasteiger partial charge in [-0.3, -0.25) is 4.68 Å². The van der Waals surface area contributed by atoms with E-state index < -0.39 is 5.97 Å². The first kappa shape index (κ1) is 23.4. The van der Waals surface area contributed by atoms with E-state index in [0.717, 1.165) is 16.7 Å². The van der Waals surface area contributed by atoms with Gasteiger partial charge in [-0.25, -0.2) is 4.79 Å². The van der Waals surface area contributed by atoms with E-state index in [-0.39, 0.29) is 0 Å². The summed E-state index contributed by atoms with van der Waals surface area (Å²) in [6.07, 6.45) is 0. The number of esters is 1. The van der Waals surface area contributed by atoms with Crippen LogP contribution in [0.1, 0.15) is 28.5 Å². The van der Waals surface area contributed by atoms with E-state index in [0.29, 0.717) is 47.7 Å². The average Bonchev–Trinajstić information content (AvgIpc) is 3.24. The molecule has 0 atom stereocenters. The van der Waals surface area contributed by atoms with Crippen molar-refractivity contribution >= 4 is 17.6 Å². The van der Waals surface area contributed by atoms with Crippen LogP contribution in [0.2, 0.25) is 5.02 Å². The molecule has 6 nitrogen and oxygen atoms in total. The van der Waals surface area contributed by atoms with E-state index >= 15 is 0 Å². The fourth-order valence-electron chi connectivity index (χ4n) is 3.40. The fourth-order valence-corrected chi connectivity index (χ4v) is 3.53. The Balaban J connectivity index is 1.61. The molecule has 7 heteroatoms. The lowest BCUT2D eigenvalue weighted by molar-refractivity contribution is 0.0513. The zero-order valence-electron chi connectivity index (χ0n) is 19.0. The van der Waals surface area contributed by atoms with Crippen molar-refractivity contribution in [2.24, 2.45) is 7.05 Å². The van der Waals surface area contributed by atoms with E-state index in [1.807, 2.05) is 72.8 Å². The highest BCUT2D eigenvalue weighted by molar-refractivity contribution is 6.30. The van der Waals surface area contributed by atoms with Gasteiger partial charge in [0.15, 0.2) is 0 Å². The molecule has 0 aliphatic carbocycles. The zero-order chi connectivity index (χ0) is 23.9. The largest absolute Gasteiger partial charge is 0.489 e. The number of benzene rings is 3. The lowest BCUT2D eigenvalue weighted by Gasteiger charge is -2.13. The predicted octanol–water partition coefficient (Wildman–Crippen LogP) is 6.08. The average molecular weight is 477 g/mol. The van der Waals surface area contributed by atoms with Crippen LogP contribution < -0.4 is 9.47 Å². The van der Waals surface area contributed by atoms with Gasteiger partial charge < -0.3 is 14.2 Å². The Morgan fingerprint density at radius 3 is 2.35 bits per heavy atom. The number of halogens is 1. The van der Waals surface area contributed by atoms with Crippen molar-refractivity contribution in [1.82, 2.24) is 9.78 Å². The summed E-state index contributed by atoms with van der Waals surface area (Å²) < 4.78 is 18.8. The Labute approximate surface area is 203 Å². The van der Waals surface area contributed by atoms with Crippen LogP contribution in [0.25, 0.3) is 11.3 Å². The number of aryl methyl sites for hydroxylation is 1. The second-order valence-electron chi connectivity index (χ2n) is 7.61. The summed E-state index contributed by atoms with van der Waals surface area (Å²) in [6.45, 7) is 2.84. The molecule has 0 saturated carbocycles. The van der Waals surface area contributed by atoms with Crippen LogP contribution in [-0.4, -0.2) is 22.4 Å². The van der Waals surface area contributed by atoms with Crippen LogP contribution in [0, 0.1) is 0 Å². The molecule has 0 amide bonds. The Bertz CT molecular complexity index is 1250. The standard InChI is InChI=1S/C27H25ClN2O4/c1-3-32-27(31)25-16-24(29-30(25)2)23-14-13-22(33-17-20-9-11-21(28)12-10-20)15-26(23)34-18-19-7-5-4-6-8-19/h4-16H,3,17-18H2,1-2H3. The third kappa shape index (κ3) is 5.77. The van der Waals surface area contributed by atoms with Crippen LogP contribution in [0.5, 0.6) is 11.5 Å². The molecule has 4 aromatic rings. The lowest BCUT2D eigenvalue weighted by Crippen LogP contribution is -2.10. The van der Waals surface area contributed by atoms with Gasteiger partial charge in [0, 0.05) is 23.7 Å². The molecular weight excluding hydrogens is 452 g/mol. The minimum absolute atomic E-state index is 0.296. The Kier molecular flexibility index (Phi) is 7.50. The topological polar surface area (TPSA) is 62.6 Å². The van der Waals surface area contributed by atoms with E-state index in [4.69, 9.17) is 25.8 Å². The molecular formula is C27H25ClN2O4. The van der Waals surface area contributed by atoms with Crippen molar-refractivity contribution in [2.75, 3.05) is 6.61 Å². The maximum absolute atomic E-state index is 12.3. The van der Waals surface area contributed by atoms with Crippen LogP contribution in [0.15, 0.2) is 78.9 Å². The van der Waals surface area contributed by atoms with E-state index in [9.17, 15) is 4.79 Å². The SMILES string of the molecule is CCOC(=O)c1cc(-c2ccc(OCc3ccc(Cl)cc3)cc2OCc2ccccc2)nn1C. The van der Waals surface area contributed by atoms with Gasteiger partial charge in [-0.1, -0.05) is 54.1 Å². The maximum Gasteiger partial charge on any atom is 0.356 e. The number of hydrogen-bond donors (Lipinski definition) is 0. The van der Waals surface area contributed by atoms with Crippen molar-refractivity contribution in [1.29, 1.82) is 0 Å². The second-order valence-corrected chi connectivity index (χ2v) is 8.04. The Morgan fingerprint density at radius 2 is 1.62 bits per heavy atom. The quantitative estimate of drug-likeness (QED) is 0.274. The first-order chi connectivity index (χ1) is 16.5. The smallest absolute Gasteiger partial charge is 0.356 e. The molecule has 0 saturated heterocycles. The van der Waals surface area contributed by atoms with Crippen LogP contribution in [0.4, 0.5) is 0 Å². The van der Waals surface area contributed by atoms with E-state index in [1.54, 1.807) is 20.0 Å². The third-order valence-electron chi connectivity index (χ3n) is 5.15. The molecule has 0 bridgehead atoms. The summed E-state index contributed by atoms with van der Waals surface area (Å²) >= 11 is 5.97. The molecule has 34 heavy (non-hydrogen) atoms. The summed E-state index contributed by atoms with van der Waals surface area (Å²) in [7, 11) is 1.71. The van der Waals surface area contributed by atoms with Crippen LogP contribution in [-0.2, 0) is 25.0 Å². The molecule has 0 fully saturated rings. The van der Waals surface area contributed by atoms with Gasteiger partial charge in [0.1, 0.15) is 30.4 Å². The zero-order valence-corrected chi connectivity index (χ0v) is 19.8. The van der Waals surface area contributed by atoms with Crippen molar-refractivity contribution in [3.8, 4) is 22.8 Å². The molecule has 0 aliphatic heterocycles. The monoisotopic (exact) mass is 476 g/mol. The van der Waals surface area contributed by atoms with Crippen LogP contribution in [0.3, 0.4) is 0 Å². The molecule has 3 aromatic carbocycles. The number of hydrogen-bond acceptors (Lipinski definition) is 5.